The van der Waals surface area contributed by atoms with E-state index in [4.69, 9.17) is 0 Å². The molecule has 4 heterocycles. The van der Waals surface area contributed by atoms with Crippen LogP contribution in [0.3, 0.4) is 0 Å². The van der Waals surface area contributed by atoms with E-state index in [1.54, 1.807) is 18.0 Å². The lowest BCUT2D eigenvalue weighted by atomic mass is 9.68. The van der Waals surface area contributed by atoms with Crippen LogP contribution in [0.4, 0.5) is 5.69 Å². The summed E-state index contributed by atoms with van der Waals surface area (Å²) in [5.74, 6) is -0.153. The van der Waals surface area contributed by atoms with Crippen molar-refractivity contribution < 1.29 is 9.59 Å². The molecule has 2 amide bonds. The Bertz CT molecular complexity index is 1350. The van der Waals surface area contributed by atoms with Crippen LogP contribution >= 0.6 is 23.1 Å². The number of aromatic nitrogens is 2. The molecule has 1 saturated heterocycles. The van der Waals surface area contributed by atoms with Crippen molar-refractivity contribution in [2.45, 2.75) is 29.5 Å². The summed E-state index contributed by atoms with van der Waals surface area (Å²) in [5, 5.41) is 1.13. The van der Waals surface area contributed by atoms with Gasteiger partial charge in [-0.25, -0.2) is 0 Å². The lowest BCUT2D eigenvalue weighted by molar-refractivity contribution is -0.123. The molecule has 7 rings (SSSR count). The van der Waals surface area contributed by atoms with E-state index in [1.165, 1.54) is 16.2 Å². The molecule has 0 unspecified atom stereocenters. The average Bonchev–Trinajstić information content (AvgIpc) is 3.54. The standard InChI is InChI=1S/C25H21N3O3S2/c1-11-4-6-13(7-5-11)28-23(29)18-14-9-15(19(18)24(28)30)20-17(14)16(12-3-2-8-26-10-12)21-22(32-20)27-25(31)33-21/h2-8,10,14-20H,9H2,1H3,(H,27,31)/t14-,15-,16+,17-,18+,19-,20-/m1/s1. The van der Waals surface area contributed by atoms with E-state index < -0.39 is 0 Å². The quantitative estimate of drug-likeness (QED) is 0.570. The second-order valence-corrected chi connectivity index (χ2v) is 11.8. The maximum Gasteiger partial charge on any atom is 0.305 e. The molecule has 4 aliphatic rings. The van der Waals surface area contributed by atoms with Gasteiger partial charge in [0, 0.05) is 28.4 Å². The number of hydrogen-bond donors (Lipinski definition) is 1. The third kappa shape index (κ3) is 2.62. The van der Waals surface area contributed by atoms with E-state index >= 15 is 0 Å². The number of H-pyrrole nitrogens is 1. The van der Waals surface area contributed by atoms with Crippen LogP contribution in [-0.2, 0) is 9.59 Å². The number of hydrogen-bond acceptors (Lipinski definition) is 6. The van der Waals surface area contributed by atoms with Crippen molar-refractivity contribution in [2.24, 2.45) is 29.6 Å². The number of thiazole rings is 1. The normalized spacial score (nSPS) is 33.8. The van der Waals surface area contributed by atoms with Crippen molar-refractivity contribution in [2.75, 3.05) is 4.90 Å². The number of fused-ring (bicyclic) bond motifs is 9. The van der Waals surface area contributed by atoms with Gasteiger partial charge < -0.3 is 4.98 Å². The number of pyridine rings is 1. The van der Waals surface area contributed by atoms with Crippen molar-refractivity contribution in [3.05, 3.63) is 74.5 Å². The molecule has 2 bridgehead atoms. The zero-order valence-electron chi connectivity index (χ0n) is 17.8. The maximum absolute atomic E-state index is 13.7. The number of aryl methyl sites for hydroxylation is 1. The van der Waals surface area contributed by atoms with E-state index in [2.05, 4.69) is 16.0 Å². The van der Waals surface area contributed by atoms with E-state index in [9.17, 15) is 14.4 Å². The summed E-state index contributed by atoms with van der Waals surface area (Å²) in [6.45, 7) is 2.00. The first-order valence-electron chi connectivity index (χ1n) is 11.3. The zero-order chi connectivity index (χ0) is 22.4. The number of amides is 2. The summed E-state index contributed by atoms with van der Waals surface area (Å²) in [4.78, 5) is 49.3. The fourth-order valence-electron chi connectivity index (χ4n) is 6.90. The number of carbonyl (C=O) groups is 2. The first kappa shape index (κ1) is 19.7. The summed E-state index contributed by atoms with van der Waals surface area (Å²) in [7, 11) is 0. The monoisotopic (exact) mass is 475 g/mol. The first-order valence-corrected chi connectivity index (χ1v) is 13.0. The smallest absolute Gasteiger partial charge is 0.305 e. The van der Waals surface area contributed by atoms with Crippen LogP contribution < -0.4 is 9.77 Å². The fourth-order valence-corrected chi connectivity index (χ4v) is 9.79. The van der Waals surface area contributed by atoms with E-state index in [-0.39, 0.29) is 57.4 Å². The van der Waals surface area contributed by atoms with Crippen molar-refractivity contribution in [1.82, 2.24) is 9.97 Å². The zero-order valence-corrected chi connectivity index (χ0v) is 19.4. The molecule has 2 aliphatic carbocycles. The molecule has 2 aliphatic heterocycles. The minimum Gasteiger partial charge on any atom is -0.307 e. The molecule has 2 saturated carbocycles. The molecule has 1 N–H and O–H groups in total. The predicted molar refractivity (Wildman–Crippen MR) is 126 cm³/mol. The molecule has 8 heteroatoms. The Morgan fingerprint density at radius 2 is 1.79 bits per heavy atom. The molecular weight excluding hydrogens is 454 g/mol. The number of rotatable bonds is 2. The van der Waals surface area contributed by atoms with Crippen LogP contribution in [0.25, 0.3) is 0 Å². The van der Waals surface area contributed by atoms with Crippen LogP contribution in [0.2, 0.25) is 0 Å². The van der Waals surface area contributed by atoms with Crippen LogP contribution in [0.1, 0.15) is 28.3 Å². The Morgan fingerprint density at radius 1 is 1.03 bits per heavy atom. The maximum atomic E-state index is 13.7. The number of nitrogens with zero attached hydrogens (tertiary/aromatic N) is 2. The largest absolute Gasteiger partial charge is 0.307 e. The average molecular weight is 476 g/mol. The van der Waals surface area contributed by atoms with Gasteiger partial charge in [-0.05, 0) is 54.9 Å². The molecule has 1 aromatic carbocycles. The highest BCUT2D eigenvalue weighted by molar-refractivity contribution is 8.00. The van der Waals surface area contributed by atoms with Gasteiger partial charge in [0.15, 0.2) is 0 Å². The molecule has 166 valence electrons. The van der Waals surface area contributed by atoms with Crippen LogP contribution in [0, 0.1) is 36.5 Å². The van der Waals surface area contributed by atoms with Gasteiger partial charge in [-0.3, -0.25) is 24.3 Å². The minimum absolute atomic E-state index is 0.0242. The second kappa shape index (κ2) is 6.90. The summed E-state index contributed by atoms with van der Waals surface area (Å²) < 4.78 is 0. The van der Waals surface area contributed by atoms with Gasteiger partial charge in [0.05, 0.1) is 22.5 Å². The third-order valence-corrected chi connectivity index (χ3v) is 10.6. The highest BCUT2D eigenvalue weighted by Crippen LogP contribution is 2.68. The number of thioether (sulfide) groups is 1. The van der Waals surface area contributed by atoms with Crippen molar-refractivity contribution in [3.63, 3.8) is 0 Å². The summed E-state index contributed by atoms with van der Waals surface area (Å²) in [6.07, 6.45) is 4.54. The number of carbonyl (C=O) groups excluding carboxylic acids is 2. The molecule has 2 aromatic heterocycles. The van der Waals surface area contributed by atoms with Gasteiger partial charge >= 0.3 is 4.87 Å². The van der Waals surface area contributed by atoms with Crippen LogP contribution in [0.5, 0.6) is 0 Å². The Balaban J connectivity index is 1.33. The topological polar surface area (TPSA) is 83.1 Å². The first-order chi connectivity index (χ1) is 16.0. The van der Waals surface area contributed by atoms with Gasteiger partial charge in [0.25, 0.3) is 0 Å². The number of aromatic amines is 1. The lowest BCUT2D eigenvalue weighted by Crippen LogP contribution is -2.42. The Labute approximate surface area is 198 Å². The summed E-state index contributed by atoms with van der Waals surface area (Å²) in [6, 6.07) is 11.6. The van der Waals surface area contributed by atoms with Crippen molar-refractivity contribution in [1.29, 1.82) is 0 Å². The molecule has 7 atom stereocenters. The molecule has 3 fully saturated rings. The predicted octanol–water partition coefficient (Wildman–Crippen LogP) is 3.82. The van der Waals surface area contributed by atoms with Crippen molar-refractivity contribution in [3.8, 4) is 0 Å². The number of anilines is 1. The van der Waals surface area contributed by atoms with Gasteiger partial charge in [-0.1, -0.05) is 35.1 Å². The lowest BCUT2D eigenvalue weighted by Gasteiger charge is -2.42. The highest BCUT2D eigenvalue weighted by Gasteiger charge is 2.69. The van der Waals surface area contributed by atoms with Gasteiger partial charge in [0.2, 0.25) is 11.8 Å². The Hall–Kier alpha value is -2.71. The van der Waals surface area contributed by atoms with Gasteiger partial charge in [-0.15, -0.1) is 11.8 Å². The molecule has 6 nitrogen and oxygen atoms in total. The van der Waals surface area contributed by atoms with Crippen LogP contribution in [0.15, 0.2) is 58.6 Å². The molecule has 3 aromatic rings. The minimum atomic E-state index is -0.276. The van der Waals surface area contributed by atoms with Crippen LogP contribution in [-0.4, -0.2) is 27.0 Å². The Kier molecular flexibility index (Phi) is 4.13. The fraction of sp³-hybridized carbons (Fsp3) is 0.360. The van der Waals surface area contributed by atoms with Gasteiger partial charge in [0.1, 0.15) is 0 Å². The number of nitrogens with one attached hydrogen (secondary N) is 1. The molecule has 0 radical (unpaired) electrons. The van der Waals surface area contributed by atoms with Gasteiger partial charge in [-0.2, -0.15) is 0 Å². The SMILES string of the molecule is Cc1ccc(N2C(=O)[C@@H]3[C@H]4C[C@@H]([C@@H]3C2=O)[C@@H]2[C@H](c3cccnc3)c3sc(=O)[nH]c3S[C@H]42)cc1. The highest BCUT2D eigenvalue weighted by atomic mass is 32.2. The number of benzene rings is 1. The van der Waals surface area contributed by atoms with Crippen molar-refractivity contribution >= 4 is 40.6 Å². The second-order valence-electron chi connectivity index (χ2n) is 9.59. The molecular formula is C25H21N3O3S2. The summed E-state index contributed by atoms with van der Waals surface area (Å²) in [5.41, 5.74) is 2.85. The Morgan fingerprint density at radius 3 is 2.52 bits per heavy atom. The van der Waals surface area contributed by atoms with E-state index in [0.717, 1.165) is 27.5 Å². The summed E-state index contributed by atoms with van der Waals surface area (Å²) >= 11 is 2.99. The van der Waals surface area contributed by atoms with E-state index in [0.29, 0.717) is 5.69 Å². The third-order valence-electron chi connectivity index (χ3n) is 8.06. The van der Waals surface area contributed by atoms with E-state index in [1.807, 2.05) is 43.5 Å². The molecule has 0 spiro atoms. The number of imide groups is 1. The molecule has 33 heavy (non-hydrogen) atoms.